The second-order valence-electron chi connectivity index (χ2n) is 12.0. The number of nitrogens with one attached hydrogen (secondary N) is 1. The SMILES string of the molecule is C.C.C.C.C.C.C.C.C.CC(C)(C)CCCC(=O)CC(=O)OCCNC(=O)CSC1CC(=O)N(CC(=O)CCCC(C)(C)C)C1=O. The Labute approximate surface area is 291 Å². The fraction of sp³-hybridized carbons (Fsp3) is 0.833. The third kappa shape index (κ3) is 30.4. The van der Waals surface area contributed by atoms with E-state index in [1.54, 1.807) is 0 Å². The van der Waals surface area contributed by atoms with Gasteiger partial charge in [0.1, 0.15) is 18.8 Å². The largest absolute Gasteiger partial charge is 0.463 e. The molecule has 1 atom stereocenters. The van der Waals surface area contributed by atoms with E-state index in [1.165, 1.54) is 0 Å². The summed E-state index contributed by atoms with van der Waals surface area (Å²) in [6, 6.07) is 0. The molecule has 0 aromatic carbocycles. The molecule has 0 aromatic rings. The van der Waals surface area contributed by atoms with Crippen molar-refractivity contribution < 1.29 is 33.5 Å². The molecule has 0 bridgehead atoms. The zero-order valence-corrected chi connectivity index (χ0v) is 24.1. The summed E-state index contributed by atoms with van der Waals surface area (Å²) >= 11 is 1.05. The molecule has 1 N–H and O–H groups in total. The molecular formula is C36H80N2O7S. The van der Waals surface area contributed by atoms with E-state index in [0.717, 1.165) is 35.9 Å². The van der Waals surface area contributed by atoms with Crippen LogP contribution in [0, 0.1) is 10.8 Å². The fourth-order valence-corrected chi connectivity index (χ4v) is 4.70. The molecule has 282 valence electrons. The van der Waals surface area contributed by atoms with E-state index in [4.69, 9.17) is 4.74 Å². The number of rotatable bonds is 16. The van der Waals surface area contributed by atoms with E-state index in [1.807, 2.05) is 0 Å². The van der Waals surface area contributed by atoms with Gasteiger partial charge in [-0.15, -0.1) is 11.8 Å². The highest BCUT2D eigenvalue weighted by atomic mass is 32.2. The highest BCUT2D eigenvalue weighted by Crippen LogP contribution is 2.26. The molecular weight excluding hydrogens is 604 g/mol. The second-order valence-corrected chi connectivity index (χ2v) is 13.2. The number of amides is 3. The number of carbonyl (C=O) groups is 6. The molecule has 1 saturated heterocycles. The van der Waals surface area contributed by atoms with Gasteiger partial charge in [0.25, 0.3) is 0 Å². The minimum Gasteiger partial charge on any atom is -0.463 e. The molecule has 0 spiro atoms. The summed E-state index contributed by atoms with van der Waals surface area (Å²) < 4.78 is 5.00. The van der Waals surface area contributed by atoms with Gasteiger partial charge in [-0.1, -0.05) is 108 Å². The molecule has 1 aliphatic heterocycles. The second kappa shape index (κ2) is 31.4. The molecule has 1 rings (SSSR count). The maximum absolute atomic E-state index is 12.6. The van der Waals surface area contributed by atoms with E-state index < -0.39 is 23.0 Å². The van der Waals surface area contributed by atoms with Crippen LogP contribution in [-0.2, 0) is 33.5 Å². The summed E-state index contributed by atoms with van der Waals surface area (Å²) in [6.45, 7) is 12.4. The standard InChI is InChI=1S/C27H44N2O7S.9CH4/c1-26(2,3)11-7-9-19(30)15-24(34)36-14-13-28-22(32)18-37-21-16-23(33)29(25(21)35)17-20(31)10-8-12-27(4,5)6;;;;;;;;;/h21H,7-18H2,1-6H3,(H,28,32);9*1H4. The van der Waals surface area contributed by atoms with E-state index in [-0.39, 0.29) is 133 Å². The number of imide groups is 1. The molecule has 0 aliphatic carbocycles. The Morgan fingerprint density at radius 2 is 1.24 bits per heavy atom. The molecule has 1 unspecified atom stereocenters. The van der Waals surface area contributed by atoms with Gasteiger partial charge in [0.2, 0.25) is 17.7 Å². The number of likely N-dealkylation sites (tertiary alicyclic amines) is 1. The van der Waals surface area contributed by atoms with E-state index in [2.05, 4.69) is 46.9 Å². The molecule has 0 saturated carbocycles. The number of ketones is 2. The lowest BCUT2D eigenvalue weighted by Crippen LogP contribution is -2.36. The first-order valence-corrected chi connectivity index (χ1v) is 14.0. The zero-order chi connectivity index (χ0) is 28.2. The number of nitrogens with zero attached hydrogens (tertiary/aromatic N) is 1. The molecule has 10 heteroatoms. The van der Waals surface area contributed by atoms with Crippen molar-refractivity contribution in [3.63, 3.8) is 0 Å². The highest BCUT2D eigenvalue weighted by Gasteiger charge is 2.39. The summed E-state index contributed by atoms with van der Waals surface area (Å²) in [5, 5.41) is 1.89. The minimum atomic E-state index is -0.692. The summed E-state index contributed by atoms with van der Waals surface area (Å²) in [6.07, 6.45) is 3.56. The first-order valence-electron chi connectivity index (χ1n) is 13.0. The van der Waals surface area contributed by atoms with Crippen LogP contribution in [-0.4, -0.2) is 70.9 Å². The molecule has 1 aliphatic rings. The van der Waals surface area contributed by atoms with Gasteiger partial charge < -0.3 is 10.1 Å². The van der Waals surface area contributed by atoms with E-state index in [9.17, 15) is 28.8 Å². The van der Waals surface area contributed by atoms with Gasteiger partial charge in [-0.05, 0) is 36.5 Å². The Kier molecular flexibility index (Phi) is 45.2. The van der Waals surface area contributed by atoms with Crippen molar-refractivity contribution in [3.05, 3.63) is 0 Å². The average Bonchev–Trinajstić information content (AvgIpc) is 3.01. The number of ether oxygens (including phenoxy) is 1. The van der Waals surface area contributed by atoms with Gasteiger partial charge in [-0.25, -0.2) is 0 Å². The summed E-state index contributed by atoms with van der Waals surface area (Å²) in [5.41, 5.74) is 0.260. The van der Waals surface area contributed by atoms with Gasteiger partial charge in [-0.3, -0.25) is 33.7 Å². The third-order valence-electron chi connectivity index (χ3n) is 5.75. The van der Waals surface area contributed by atoms with Crippen molar-refractivity contribution in [2.24, 2.45) is 10.8 Å². The normalized spacial score (nSPS) is 13.0. The number of hydrogen-bond acceptors (Lipinski definition) is 8. The van der Waals surface area contributed by atoms with Gasteiger partial charge in [0.05, 0.1) is 24.1 Å². The first-order chi connectivity index (χ1) is 17.1. The molecule has 46 heavy (non-hydrogen) atoms. The van der Waals surface area contributed by atoms with Crippen molar-refractivity contribution in [3.8, 4) is 0 Å². The number of Topliss-reactive ketones (excluding diaryl/α,β-unsaturated/α-hetero) is 2. The maximum Gasteiger partial charge on any atom is 0.313 e. The first kappa shape index (κ1) is 66.2. The number of carbonyl (C=O) groups excluding carboxylic acids is 6. The van der Waals surface area contributed by atoms with Crippen LogP contribution in [0.4, 0.5) is 0 Å². The summed E-state index contributed by atoms with van der Waals surface area (Å²) in [4.78, 5) is 73.7. The Morgan fingerprint density at radius 3 is 1.70 bits per heavy atom. The zero-order valence-electron chi connectivity index (χ0n) is 23.3. The van der Waals surface area contributed by atoms with Gasteiger partial charge >= 0.3 is 5.97 Å². The fourth-order valence-electron chi connectivity index (χ4n) is 3.72. The summed E-state index contributed by atoms with van der Waals surface area (Å²) in [5.74, 6) is -2.16. The smallest absolute Gasteiger partial charge is 0.313 e. The molecule has 3 amide bonds. The topological polar surface area (TPSA) is 127 Å². The van der Waals surface area contributed by atoms with Gasteiger partial charge in [0, 0.05) is 19.3 Å². The molecule has 1 fully saturated rings. The molecule has 0 radical (unpaired) electrons. The Morgan fingerprint density at radius 1 is 0.783 bits per heavy atom. The van der Waals surface area contributed by atoms with Crippen LogP contribution in [0.15, 0.2) is 0 Å². The van der Waals surface area contributed by atoms with Crippen LogP contribution in [0.5, 0.6) is 0 Å². The Bertz CT molecular complexity index is 846. The van der Waals surface area contributed by atoms with Crippen LogP contribution in [0.25, 0.3) is 0 Å². The van der Waals surface area contributed by atoms with Crippen LogP contribution in [0.1, 0.15) is 160 Å². The van der Waals surface area contributed by atoms with Crippen LogP contribution in [0.2, 0.25) is 0 Å². The number of hydrogen-bond donors (Lipinski definition) is 1. The average molecular weight is 685 g/mol. The quantitative estimate of drug-likeness (QED) is 0.0738. The molecule has 0 aromatic heterocycles. The van der Waals surface area contributed by atoms with Gasteiger partial charge in [-0.2, -0.15) is 0 Å². The predicted molar refractivity (Wildman–Crippen MR) is 203 cm³/mol. The predicted octanol–water partition coefficient (Wildman–Crippen LogP) is 9.19. The lowest BCUT2D eigenvalue weighted by atomic mass is 9.89. The van der Waals surface area contributed by atoms with E-state index in [0.29, 0.717) is 19.3 Å². The van der Waals surface area contributed by atoms with Crippen molar-refractivity contribution in [2.75, 3.05) is 25.4 Å². The van der Waals surface area contributed by atoms with Crippen LogP contribution >= 0.6 is 11.8 Å². The van der Waals surface area contributed by atoms with Crippen molar-refractivity contribution >= 4 is 47.0 Å². The maximum atomic E-state index is 12.6. The molecule has 9 nitrogen and oxygen atoms in total. The lowest BCUT2D eigenvalue weighted by Gasteiger charge is -2.18. The van der Waals surface area contributed by atoms with Crippen molar-refractivity contribution in [1.82, 2.24) is 10.2 Å². The Balaban J connectivity index is -0.000000217. The Hall–Kier alpha value is -2.23. The molecule has 1 heterocycles. The van der Waals surface area contributed by atoms with E-state index >= 15 is 0 Å². The number of thioether (sulfide) groups is 1. The monoisotopic (exact) mass is 685 g/mol. The van der Waals surface area contributed by atoms with Crippen molar-refractivity contribution in [1.29, 1.82) is 0 Å². The van der Waals surface area contributed by atoms with Crippen LogP contribution in [0.3, 0.4) is 0 Å². The van der Waals surface area contributed by atoms with Crippen LogP contribution < -0.4 is 5.32 Å². The number of esters is 1. The van der Waals surface area contributed by atoms with Crippen molar-refractivity contribution in [2.45, 2.75) is 165 Å². The minimum absolute atomic E-state index is 0. The lowest BCUT2D eigenvalue weighted by molar-refractivity contribution is -0.146. The highest BCUT2D eigenvalue weighted by molar-refractivity contribution is 8.01. The summed E-state index contributed by atoms with van der Waals surface area (Å²) in [7, 11) is 0. The van der Waals surface area contributed by atoms with Gasteiger partial charge in [0.15, 0.2) is 5.78 Å². The third-order valence-corrected chi connectivity index (χ3v) is 6.95.